The number of benzene rings is 3. The Morgan fingerprint density at radius 2 is 1.93 bits per heavy atom. The minimum absolute atomic E-state index is 0.0119. The third-order valence-electron chi connectivity index (χ3n) is 7.81. The van der Waals surface area contributed by atoms with Gasteiger partial charge in [-0.3, -0.25) is 9.59 Å². The molecule has 3 aromatic carbocycles. The van der Waals surface area contributed by atoms with Crippen LogP contribution in [0.4, 0.5) is 15.9 Å². The van der Waals surface area contributed by atoms with Crippen LogP contribution in [0.5, 0.6) is 5.75 Å². The second-order valence-electron chi connectivity index (χ2n) is 10.3. The summed E-state index contributed by atoms with van der Waals surface area (Å²) in [5.74, 6) is -3.23. The summed E-state index contributed by atoms with van der Waals surface area (Å²) in [5, 5.41) is 14.8. The second-order valence-corrected chi connectivity index (χ2v) is 12.5. The normalized spacial score (nSPS) is 17.5. The summed E-state index contributed by atoms with van der Waals surface area (Å²) in [6.45, 7) is 1.57. The van der Waals surface area contributed by atoms with E-state index in [0.29, 0.717) is 17.1 Å². The number of pyridine rings is 1. The fraction of sp³-hybridized carbons (Fsp3) is 0.258. The van der Waals surface area contributed by atoms with E-state index in [1.807, 2.05) is 0 Å². The molecule has 2 heterocycles. The number of amides is 1. The van der Waals surface area contributed by atoms with Crippen molar-refractivity contribution in [1.82, 2.24) is 9.88 Å². The lowest BCUT2D eigenvalue weighted by Crippen LogP contribution is -2.39. The van der Waals surface area contributed by atoms with E-state index in [2.05, 4.69) is 10.3 Å². The van der Waals surface area contributed by atoms with Crippen molar-refractivity contribution >= 4 is 44.0 Å². The number of hydrogen-bond acceptors (Lipinski definition) is 8. The number of carboxylic acids is 1. The number of fused-ring (bicyclic) bond motifs is 1. The summed E-state index contributed by atoms with van der Waals surface area (Å²) in [6.07, 6.45) is 1.69. The summed E-state index contributed by atoms with van der Waals surface area (Å²) in [5.41, 5.74) is 7.15. The van der Waals surface area contributed by atoms with Gasteiger partial charge in [0.2, 0.25) is 5.91 Å². The first-order valence-electron chi connectivity index (χ1n) is 13.6. The molecular formula is C31H31FN4O6S. The van der Waals surface area contributed by atoms with Crippen LogP contribution < -0.4 is 15.8 Å². The molecule has 0 radical (unpaired) electrons. The summed E-state index contributed by atoms with van der Waals surface area (Å²) in [4.78, 5) is 32.4. The van der Waals surface area contributed by atoms with Crippen molar-refractivity contribution in [1.29, 1.82) is 0 Å². The molecule has 1 fully saturated rings. The van der Waals surface area contributed by atoms with Crippen LogP contribution in [0, 0.1) is 11.7 Å². The number of ether oxygens (including phenoxy) is 1. The van der Waals surface area contributed by atoms with Gasteiger partial charge in [0.15, 0.2) is 21.4 Å². The number of nitrogens with zero attached hydrogens (tertiary/aromatic N) is 2. The smallest absolute Gasteiger partial charge is 0.309 e. The lowest BCUT2D eigenvalue weighted by molar-refractivity contribution is -0.143. The molecule has 0 bridgehead atoms. The lowest BCUT2D eigenvalue weighted by atomic mass is 9.93. The fourth-order valence-corrected chi connectivity index (χ4v) is 6.76. The lowest BCUT2D eigenvalue weighted by Gasteiger charge is -2.32. The summed E-state index contributed by atoms with van der Waals surface area (Å²) < 4.78 is 45.7. The van der Waals surface area contributed by atoms with Crippen LogP contribution in [-0.4, -0.2) is 54.7 Å². The number of carboxylic acid groups (broad SMARTS) is 1. The number of carbonyl (C=O) groups is 2. The Hall–Kier alpha value is -4.71. The minimum atomic E-state index is -3.74. The van der Waals surface area contributed by atoms with Crippen molar-refractivity contribution < 1.29 is 32.2 Å². The molecule has 0 aliphatic carbocycles. The van der Waals surface area contributed by atoms with Gasteiger partial charge in [-0.1, -0.05) is 31.2 Å². The molecule has 1 aromatic heterocycles. The van der Waals surface area contributed by atoms with Crippen LogP contribution >= 0.6 is 0 Å². The first kappa shape index (κ1) is 29.8. The van der Waals surface area contributed by atoms with E-state index in [1.165, 1.54) is 43.2 Å². The van der Waals surface area contributed by atoms with Crippen molar-refractivity contribution in [2.75, 3.05) is 30.5 Å². The van der Waals surface area contributed by atoms with Gasteiger partial charge in [-0.05, 0) is 65.4 Å². The molecule has 1 amide bonds. The van der Waals surface area contributed by atoms with E-state index in [9.17, 15) is 27.5 Å². The zero-order chi connectivity index (χ0) is 30.9. The fourth-order valence-electron chi connectivity index (χ4n) is 5.61. The van der Waals surface area contributed by atoms with Crippen LogP contribution in [0.2, 0.25) is 0 Å². The van der Waals surface area contributed by atoms with Crippen molar-refractivity contribution in [3.63, 3.8) is 0 Å². The molecule has 1 unspecified atom stereocenters. The van der Waals surface area contributed by atoms with Crippen molar-refractivity contribution in [2.45, 2.75) is 30.3 Å². The molecule has 4 aromatic rings. The molecule has 0 spiro atoms. The van der Waals surface area contributed by atoms with Gasteiger partial charge >= 0.3 is 5.97 Å². The number of carbonyl (C=O) groups excluding carboxylic acids is 1. The number of sulfone groups is 1. The number of rotatable bonds is 9. The number of aromatic nitrogens is 1. The molecule has 43 heavy (non-hydrogen) atoms. The number of nitrogens with two attached hydrogens (primary N) is 1. The Morgan fingerprint density at radius 1 is 1.16 bits per heavy atom. The average Bonchev–Trinajstić information content (AvgIpc) is 3.46. The first-order valence-corrected chi connectivity index (χ1v) is 15.3. The molecule has 4 N–H and O–H groups in total. The van der Waals surface area contributed by atoms with Crippen molar-refractivity contribution in [2.24, 2.45) is 5.92 Å². The van der Waals surface area contributed by atoms with E-state index in [-0.39, 0.29) is 34.9 Å². The van der Waals surface area contributed by atoms with Crippen molar-refractivity contribution in [3.8, 4) is 5.75 Å². The van der Waals surface area contributed by atoms with Gasteiger partial charge in [-0.2, -0.15) is 0 Å². The van der Waals surface area contributed by atoms with E-state index >= 15 is 0 Å². The predicted molar refractivity (Wildman–Crippen MR) is 160 cm³/mol. The number of likely N-dealkylation sites (tertiary alicyclic amines) is 1. The van der Waals surface area contributed by atoms with Crippen molar-refractivity contribution in [3.05, 3.63) is 89.9 Å². The van der Waals surface area contributed by atoms with Gasteiger partial charge in [-0.15, -0.1) is 0 Å². The standard InChI is InChI=1S/C31H31FN4O6S/c1-3-43(40,41)26-7-5-4-6-22(26)28-23(31(38)39)13-15-36(28)30(37)27(19-8-11-24(32)25(17-19)42-2)35-20-9-10-21-18(16-20)12-14-34-29(21)33/h4-12,14,16-17,23,27-28,35H,3,13,15H2,1-2H3,(H2,33,34)(H,38,39)/t23-,27?,28-/m0/s1. The number of nitrogens with one attached hydrogen (secondary N) is 1. The topological polar surface area (TPSA) is 152 Å². The number of methoxy groups -OCH3 is 1. The van der Waals surface area contributed by atoms with Crippen LogP contribution in [0.1, 0.15) is 36.6 Å². The molecule has 12 heteroatoms. The summed E-state index contributed by atoms with van der Waals surface area (Å²) >= 11 is 0. The SMILES string of the molecule is CCS(=O)(=O)c1ccccc1[C@H]1[C@@H](C(=O)O)CCN1C(=O)C(Nc1ccc2c(N)nccc2c1)c1ccc(F)c(OC)c1. The third-order valence-corrected chi connectivity index (χ3v) is 9.61. The van der Waals surface area contributed by atoms with Gasteiger partial charge in [0, 0.05) is 23.8 Å². The summed E-state index contributed by atoms with van der Waals surface area (Å²) in [7, 11) is -2.43. The Bertz CT molecular complexity index is 1820. The molecule has 10 nitrogen and oxygen atoms in total. The van der Waals surface area contributed by atoms with E-state index in [1.54, 1.807) is 48.7 Å². The summed E-state index contributed by atoms with van der Waals surface area (Å²) in [6, 6.07) is 15.1. The van der Waals surface area contributed by atoms with E-state index < -0.39 is 45.5 Å². The van der Waals surface area contributed by atoms with Crippen LogP contribution in [0.3, 0.4) is 0 Å². The molecule has 0 saturated carbocycles. The maximum Gasteiger partial charge on any atom is 0.309 e. The zero-order valence-corrected chi connectivity index (χ0v) is 24.3. The minimum Gasteiger partial charge on any atom is -0.494 e. The van der Waals surface area contributed by atoms with Gasteiger partial charge < -0.3 is 25.8 Å². The molecule has 224 valence electrons. The Labute approximate surface area is 248 Å². The molecule has 1 saturated heterocycles. The highest BCUT2D eigenvalue weighted by Gasteiger charge is 2.45. The quantitative estimate of drug-likeness (QED) is 0.248. The maximum absolute atomic E-state index is 14.5. The highest BCUT2D eigenvalue weighted by molar-refractivity contribution is 7.91. The largest absolute Gasteiger partial charge is 0.494 e. The molecular weight excluding hydrogens is 575 g/mol. The number of anilines is 2. The number of halogens is 1. The second kappa shape index (κ2) is 11.9. The molecule has 3 atom stereocenters. The Kier molecular flexibility index (Phi) is 8.23. The first-order chi connectivity index (χ1) is 20.6. The number of nitrogen functional groups attached to an aromatic ring is 1. The van der Waals surface area contributed by atoms with Gasteiger partial charge in [0.05, 0.1) is 29.7 Å². The monoisotopic (exact) mass is 606 g/mol. The van der Waals surface area contributed by atoms with Gasteiger partial charge in [0.1, 0.15) is 11.9 Å². The maximum atomic E-state index is 14.5. The predicted octanol–water partition coefficient (Wildman–Crippen LogP) is 4.59. The van der Waals surface area contributed by atoms with Gasteiger partial charge in [-0.25, -0.2) is 17.8 Å². The zero-order valence-electron chi connectivity index (χ0n) is 23.5. The van der Waals surface area contributed by atoms with Crippen LogP contribution in [0.15, 0.2) is 77.8 Å². The highest BCUT2D eigenvalue weighted by Crippen LogP contribution is 2.42. The van der Waals surface area contributed by atoms with Crippen LogP contribution in [0.25, 0.3) is 10.8 Å². The molecule has 1 aliphatic heterocycles. The Morgan fingerprint density at radius 3 is 2.65 bits per heavy atom. The van der Waals surface area contributed by atoms with E-state index in [4.69, 9.17) is 10.5 Å². The van der Waals surface area contributed by atoms with Crippen LogP contribution in [-0.2, 0) is 19.4 Å². The Balaban J connectivity index is 1.62. The number of aliphatic carboxylic acids is 1. The van der Waals surface area contributed by atoms with E-state index in [0.717, 1.165) is 10.8 Å². The molecule has 5 rings (SSSR count). The third kappa shape index (κ3) is 5.70. The average molecular weight is 607 g/mol. The van der Waals surface area contributed by atoms with Gasteiger partial charge in [0.25, 0.3) is 0 Å². The number of hydrogen-bond donors (Lipinski definition) is 3. The molecule has 1 aliphatic rings. The highest BCUT2D eigenvalue weighted by atomic mass is 32.2.